The van der Waals surface area contributed by atoms with Crippen LogP contribution < -0.4 is 10.2 Å². The quantitative estimate of drug-likeness (QED) is 0.611. The molecule has 0 saturated carbocycles. The summed E-state index contributed by atoms with van der Waals surface area (Å²) in [6, 6.07) is 11.9. The Balaban J connectivity index is 1.33. The average molecular weight is 443 g/mol. The van der Waals surface area contributed by atoms with Crippen molar-refractivity contribution in [2.75, 3.05) is 43.5 Å². The van der Waals surface area contributed by atoms with Gasteiger partial charge in [0.05, 0.1) is 29.4 Å². The number of benzene rings is 2. The lowest BCUT2D eigenvalue weighted by Crippen LogP contribution is -2.53. The van der Waals surface area contributed by atoms with E-state index in [1.807, 2.05) is 12.1 Å². The van der Waals surface area contributed by atoms with Crippen LogP contribution in [0.2, 0.25) is 0 Å². The van der Waals surface area contributed by atoms with Gasteiger partial charge in [-0.3, -0.25) is 9.69 Å². The zero-order valence-electron chi connectivity index (χ0n) is 17.3. The molecule has 1 fully saturated rings. The topological polar surface area (TPSA) is 74.8 Å². The molecule has 0 aliphatic carbocycles. The number of amides is 1. The molecule has 1 amide bonds. The highest BCUT2D eigenvalue weighted by molar-refractivity contribution is 7.22. The maximum atomic E-state index is 13.3. The molecule has 1 saturated heterocycles. The lowest BCUT2D eigenvalue weighted by molar-refractivity contribution is -0.117. The van der Waals surface area contributed by atoms with Gasteiger partial charge < -0.3 is 15.0 Å². The van der Waals surface area contributed by atoms with Crippen LogP contribution >= 0.6 is 11.3 Å². The fourth-order valence-corrected chi connectivity index (χ4v) is 4.59. The van der Waals surface area contributed by atoms with Gasteiger partial charge in [-0.05, 0) is 49.4 Å². The Bertz CT molecular complexity index is 1100. The predicted molar refractivity (Wildman–Crippen MR) is 119 cm³/mol. The summed E-state index contributed by atoms with van der Waals surface area (Å²) < 4.78 is 18.8. The van der Waals surface area contributed by atoms with Crippen LogP contribution in [0.5, 0.6) is 0 Å². The van der Waals surface area contributed by atoms with Gasteiger partial charge in [-0.1, -0.05) is 11.3 Å². The molecule has 0 spiro atoms. The number of esters is 1. The first-order chi connectivity index (χ1) is 14.9. The minimum absolute atomic E-state index is 0.137. The van der Waals surface area contributed by atoms with E-state index in [0.29, 0.717) is 20.9 Å². The van der Waals surface area contributed by atoms with Crippen LogP contribution in [0.1, 0.15) is 17.3 Å². The molecule has 1 aromatic heterocycles. The van der Waals surface area contributed by atoms with Gasteiger partial charge in [0.2, 0.25) is 5.91 Å². The third-order valence-electron chi connectivity index (χ3n) is 5.36. The number of nitrogens with zero attached hydrogens (tertiary/aromatic N) is 3. The number of thiazole rings is 1. The Kier molecular flexibility index (Phi) is 6.15. The van der Waals surface area contributed by atoms with Gasteiger partial charge in [-0.2, -0.15) is 0 Å². The molecule has 0 radical (unpaired) electrons. The number of hydrogen-bond donors (Lipinski definition) is 1. The van der Waals surface area contributed by atoms with Gasteiger partial charge in [-0.25, -0.2) is 14.2 Å². The predicted octanol–water partition coefficient (Wildman–Crippen LogP) is 3.37. The molecule has 31 heavy (non-hydrogen) atoms. The second-order valence-electron chi connectivity index (χ2n) is 7.48. The SMILES string of the molecule is COC(=O)c1ccc(N2CCN(CC(=O)Nc3nc4ccc(F)cc4s3)C(C)C2)cc1. The van der Waals surface area contributed by atoms with Crippen molar-refractivity contribution in [3.05, 3.63) is 53.8 Å². The molecule has 0 bridgehead atoms. The van der Waals surface area contributed by atoms with Crippen molar-refractivity contribution in [1.82, 2.24) is 9.88 Å². The van der Waals surface area contributed by atoms with Crippen molar-refractivity contribution in [3.63, 3.8) is 0 Å². The molecule has 2 heterocycles. The fourth-order valence-electron chi connectivity index (χ4n) is 3.69. The number of halogens is 1. The van der Waals surface area contributed by atoms with E-state index in [4.69, 9.17) is 4.74 Å². The van der Waals surface area contributed by atoms with Crippen LogP contribution in [0.3, 0.4) is 0 Å². The van der Waals surface area contributed by atoms with Crippen molar-refractivity contribution < 1.29 is 18.7 Å². The Morgan fingerprint density at radius 3 is 2.71 bits per heavy atom. The normalized spacial score (nSPS) is 17.0. The number of carbonyl (C=O) groups excluding carboxylic acids is 2. The Morgan fingerprint density at radius 1 is 1.23 bits per heavy atom. The maximum absolute atomic E-state index is 13.3. The molecule has 9 heteroatoms. The van der Waals surface area contributed by atoms with Crippen LogP contribution in [0.15, 0.2) is 42.5 Å². The summed E-state index contributed by atoms with van der Waals surface area (Å²) in [5.41, 5.74) is 2.22. The van der Waals surface area contributed by atoms with Crippen molar-refractivity contribution >= 4 is 44.2 Å². The summed E-state index contributed by atoms with van der Waals surface area (Å²) in [5.74, 6) is -0.808. The third-order valence-corrected chi connectivity index (χ3v) is 6.30. The van der Waals surface area contributed by atoms with Crippen molar-refractivity contribution in [2.24, 2.45) is 0 Å². The standard InChI is InChI=1S/C22H23FN4O3S/c1-14-12-27(17-6-3-15(4-7-17)21(29)30-2)10-9-26(14)13-20(28)25-22-24-18-8-5-16(23)11-19(18)31-22/h3-8,11,14H,9-10,12-13H2,1-2H3,(H,24,25,28). The number of ether oxygens (including phenoxy) is 1. The number of carbonyl (C=O) groups is 2. The van der Waals surface area contributed by atoms with Crippen LogP contribution in [0, 0.1) is 5.82 Å². The molecule has 2 aromatic carbocycles. The van der Waals surface area contributed by atoms with E-state index >= 15 is 0 Å². The first-order valence-corrected chi connectivity index (χ1v) is 10.8. The van der Waals surface area contributed by atoms with Crippen LogP contribution in [-0.2, 0) is 9.53 Å². The highest BCUT2D eigenvalue weighted by Crippen LogP contribution is 2.26. The molecule has 1 N–H and O–H groups in total. The number of fused-ring (bicyclic) bond motifs is 1. The molecule has 1 atom stereocenters. The number of rotatable bonds is 5. The summed E-state index contributed by atoms with van der Waals surface area (Å²) in [4.78, 5) is 32.8. The largest absolute Gasteiger partial charge is 0.465 e. The first-order valence-electron chi connectivity index (χ1n) is 9.96. The summed E-state index contributed by atoms with van der Waals surface area (Å²) in [7, 11) is 1.37. The molecule has 3 aromatic rings. The highest BCUT2D eigenvalue weighted by atomic mass is 32.1. The summed E-state index contributed by atoms with van der Waals surface area (Å²) in [6.07, 6.45) is 0. The zero-order valence-corrected chi connectivity index (χ0v) is 18.1. The second-order valence-corrected chi connectivity index (χ2v) is 8.51. The van der Waals surface area contributed by atoms with E-state index in [9.17, 15) is 14.0 Å². The number of aromatic nitrogens is 1. The molecule has 4 rings (SSSR count). The number of methoxy groups -OCH3 is 1. The minimum atomic E-state index is -0.353. The van der Waals surface area contributed by atoms with Crippen molar-refractivity contribution in [2.45, 2.75) is 13.0 Å². The monoisotopic (exact) mass is 442 g/mol. The zero-order chi connectivity index (χ0) is 22.0. The number of anilines is 2. The number of piperazine rings is 1. The number of nitrogens with one attached hydrogen (secondary N) is 1. The van der Waals surface area contributed by atoms with E-state index < -0.39 is 0 Å². The maximum Gasteiger partial charge on any atom is 0.337 e. The van der Waals surface area contributed by atoms with Crippen molar-refractivity contribution in [1.29, 1.82) is 0 Å². The molecule has 1 aliphatic heterocycles. The fraction of sp³-hybridized carbons (Fsp3) is 0.318. The van der Waals surface area contributed by atoms with Gasteiger partial charge in [0, 0.05) is 31.4 Å². The van der Waals surface area contributed by atoms with Crippen molar-refractivity contribution in [3.8, 4) is 0 Å². The molecule has 1 unspecified atom stereocenters. The van der Waals surface area contributed by atoms with Gasteiger partial charge >= 0.3 is 5.97 Å². The summed E-state index contributed by atoms with van der Waals surface area (Å²) >= 11 is 1.26. The molecule has 162 valence electrons. The van der Waals surface area contributed by atoms with Crippen LogP contribution in [0.25, 0.3) is 10.2 Å². The highest BCUT2D eigenvalue weighted by Gasteiger charge is 2.26. The van der Waals surface area contributed by atoms with Crippen LogP contribution in [-0.4, -0.2) is 61.1 Å². The molecular weight excluding hydrogens is 419 g/mol. The second kappa shape index (κ2) is 8.99. The van der Waals surface area contributed by atoms with E-state index in [1.165, 1.54) is 30.6 Å². The van der Waals surface area contributed by atoms with Gasteiger partial charge in [0.1, 0.15) is 5.82 Å². The van der Waals surface area contributed by atoms with Gasteiger partial charge in [-0.15, -0.1) is 0 Å². The Labute approximate surface area is 183 Å². The smallest absolute Gasteiger partial charge is 0.337 e. The third kappa shape index (κ3) is 4.83. The lowest BCUT2D eigenvalue weighted by atomic mass is 10.1. The first kappa shape index (κ1) is 21.2. The van der Waals surface area contributed by atoms with E-state index in [0.717, 1.165) is 25.3 Å². The number of hydrogen-bond acceptors (Lipinski definition) is 7. The minimum Gasteiger partial charge on any atom is -0.465 e. The molecular formula is C22H23FN4O3S. The van der Waals surface area contributed by atoms with E-state index in [2.05, 4.69) is 27.0 Å². The lowest BCUT2D eigenvalue weighted by Gasteiger charge is -2.40. The average Bonchev–Trinajstić information content (AvgIpc) is 3.15. The molecule has 7 nitrogen and oxygen atoms in total. The Morgan fingerprint density at radius 2 is 2.00 bits per heavy atom. The van der Waals surface area contributed by atoms with Gasteiger partial charge in [0.25, 0.3) is 0 Å². The molecule has 1 aliphatic rings. The Hall–Kier alpha value is -3.04. The van der Waals surface area contributed by atoms with Crippen LogP contribution in [0.4, 0.5) is 15.2 Å². The van der Waals surface area contributed by atoms with E-state index in [-0.39, 0.29) is 30.3 Å². The summed E-state index contributed by atoms with van der Waals surface area (Å²) in [6.45, 7) is 4.63. The van der Waals surface area contributed by atoms with E-state index in [1.54, 1.807) is 18.2 Å². The summed E-state index contributed by atoms with van der Waals surface area (Å²) in [5, 5.41) is 3.31. The van der Waals surface area contributed by atoms with Gasteiger partial charge in [0.15, 0.2) is 5.13 Å².